The molecule has 0 radical (unpaired) electrons. The van der Waals surface area contributed by atoms with Crippen LogP contribution in [0.3, 0.4) is 0 Å². The molecule has 1 fully saturated rings. The molecule has 0 bridgehead atoms. The average molecular weight is 246 g/mol. The van der Waals surface area contributed by atoms with E-state index in [1.807, 2.05) is 10.9 Å². The zero-order chi connectivity index (χ0) is 12.4. The molecule has 0 amide bonds. The third-order valence-corrected chi connectivity index (χ3v) is 3.45. The maximum Gasteiger partial charge on any atom is 0.117 e. The summed E-state index contributed by atoms with van der Waals surface area (Å²) < 4.78 is 7.63. The second kappa shape index (κ2) is 4.94. The van der Waals surface area contributed by atoms with Crippen LogP contribution in [0, 0.1) is 5.92 Å². The van der Waals surface area contributed by atoms with E-state index in [4.69, 9.17) is 4.42 Å². The average Bonchev–Trinajstić information content (AvgIpc) is 2.86. The first-order valence-electron chi connectivity index (χ1n) is 6.46. The van der Waals surface area contributed by atoms with E-state index in [1.54, 1.807) is 6.20 Å². The van der Waals surface area contributed by atoms with E-state index < -0.39 is 0 Å². The Labute approximate surface area is 106 Å². The van der Waals surface area contributed by atoms with Gasteiger partial charge in [-0.05, 0) is 24.5 Å². The van der Waals surface area contributed by atoms with Gasteiger partial charge in [0.1, 0.15) is 11.5 Å². The summed E-state index contributed by atoms with van der Waals surface area (Å²) in [6, 6.07) is 4.19. The van der Waals surface area contributed by atoms with Gasteiger partial charge in [0.25, 0.3) is 0 Å². The first kappa shape index (κ1) is 11.5. The molecule has 2 aromatic rings. The van der Waals surface area contributed by atoms with Crippen LogP contribution < -0.4 is 5.32 Å². The number of hydrogen-bond donors (Lipinski definition) is 1. The van der Waals surface area contributed by atoms with E-state index in [1.165, 1.54) is 6.42 Å². The standard InChI is InChI=1S/C13H18N4O/c1-10-8-12(10)13-3-2-11(18-13)9-14-4-6-17-7-5-15-16-17/h2-3,5,7,10,12,14H,4,6,8-9H2,1H3. The second-order valence-electron chi connectivity index (χ2n) is 4.97. The normalized spacial score (nSPS) is 22.3. The number of furan rings is 1. The highest BCUT2D eigenvalue weighted by atomic mass is 16.3. The summed E-state index contributed by atoms with van der Waals surface area (Å²) in [4.78, 5) is 0. The molecule has 0 aliphatic heterocycles. The van der Waals surface area contributed by atoms with Crippen LogP contribution in [-0.2, 0) is 13.1 Å². The topological polar surface area (TPSA) is 55.9 Å². The summed E-state index contributed by atoms with van der Waals surface area (Å²) in [6.45, 7) is 4.73. The van der Waals surface area contributed by atoms with E-state index >= 15 is 0 Å². The minimum absolute atomic E-state index is 0.661. The Morgan fingerprint density at radius 3 is 3.11 bits per heavy atom. The largest absolute Gasteiger partial charge is 0.464 e. The molecule has 2 atom stereocenters. The number of nitrogens with zero attached hydrogens (tertiary/aromatic N) is 3. The van der Waals surface area contributed by atoms with E-state index in [0.29, 0.717) is 5.92 Å². The van der Waals surface area contributed by atoms with E-state index in [-0.39, 0.29) is 0 Å². The van der Waals surface area contributed by atoms with Crippen LogP contribution in [0.15, 0.2) is 28.9 Å². The highest BCUT2D eigenvalue weighted by Gasteiger charge is 2.36. The Morgan fingerprint density at radius 2 is 2.39 bits per heavy atom. The smallest absolute Gasteiger partial charge is 0.117 e. The second-order valence-corrected chi connectivity index (χ2v) is 4.97. The van der Waals surface area contributed by atoms with E-state index in [0.717, 1.165) is 37.1 Å². The molecule has 1 aliphatic rings. The molecule has 1 N–H and O–H groups in total. The van der Waals surface area contributed by atoms with Crippen LogP contribution in [-0.4, -0.2) is 21.5 Å². The molecule has 2 aromatic heterocycles. The molecule has 3 rings (SSSR count). The molecule has 1 aliphatic carbocycles. The molecule has 5 nitrogen and oxygen atoms in total. The minimum atomic E-state index is 0.661. The summed E-state index contributed by atoms with van der Waals surface area (Å²) in [5.74, 6) is 3.62. The fourth-order valence-electron chi connectivity index (χ4n) is 2.16. The number of hydrogen-bond acceptors (Lipinski definition) is 4. The molecule has 1 saturated carbocycles. The zero-order valence-corrected chi connectivity index (χ0v) is 10.5. The van der Waals surface area contributed by atoms with Gasteiger partial charge in [-0.15, -0.1) is 5.10 Å². The van der Waals surface area contributed by atoms with Gasteiger partial charge in [-0.3, -0.25) is 4.68 Å². The van der Waals surface area contributed by atoms with Crippen molar-refractivity contribution in [3.8, 4) is 0 Å². The quantitative estimate of drug-likeness (QED) is 0.789. The van der Waals surface area contributed by atoms with Gasteiger partial charge >= 0.3 is 0 Å². The van der Waals surface area contributed by atoms with Crippen LogP contribution in [0.1, 0.15) is 30.8 Å². The van der Waals surface area contributed by atoms with Crippen molar-refractivity contribution in [3.63, 3.8) is 0 Å². The van der Waals surface area contributed by atoms with Crippen molar-refractivity contribution < 1.29 is 4.42 Å². The fourth-order valence-corrected chi connectivity index (χ4v) is 2.16. The molecule has 2 unspecified atom stereocenters. The molecular weight excluding hydrogens is 228 g/mol. The Balaban J connectivity index is 1.41. The van der Waals surface area contributed by atoms with Crippen molar-refractivity contribution in [2.75, 3.05) is 6.54 Å². The van der Waals surface area contributed by atoms with Crippen molar-refractivity contribution in [1.82, 2.24) is 20.3 Å². The van der Waals surface area contributed by atoms with Crippen molar-refractivity contribution in [1.29, 1.82) is 0 Å². The van der Waals surface area contributed by atoms with Gasteiger partial charge < -0.3 is 9.73 Å². The lowest BCUT2D eigenvalue weighted by Gasteiger charge is -2.02. The number of aromatic nitrogens is 3. The fraction of sp³-hybridized carbons (Fsp3) is 0.538. The first-order valence-corrected chi connectivity index (χ1v) is 6.46. The lowest BCUT2D eigenvalue weighted by molar-refractivity contribution is 0.437. The monoisotopic (exact) mass is 246 g/mol. The number of nitrogens with one attached hydrogen (secondary N) is 1. The number of rotatable bonds is 6. The van der Waals surface area contributed by atoms with E-state index in [9.17, 15) is 0 Å². The van der Waals surface area contributed by atoms with E-state index in [2.05, 4.69) is 34.7 Å². The SMILES string of the molecule is CC1CC1c1ccc(CNCCn2ccnn2)o1. The van der Waals surface area contributed by atoms with Crippen molar-refractivity contribution >= 4 is 0 Å². The van der Waals surface area contributed by atoms with Crippen LogP contribution in [0.25, 0.3) is 0 Å². The van der Waals surface area contributed by atoms with Gasteiger partial charge in [0.15, 0.2) is 0 Å². The highest BCUT2D eigenvalue weighted by molar-refractivity contribution is 5.17. The molecule has 0 aromatic carbocycles. The molecule has 2 heterocycles. The van der Waals surface area contributed by atoms with Gasteiger partial charge in [-0.1, -0.05) is 12.1 Å². The highest BCUT2D eigenvalue weighted by Crippen LogP contribution is 2.47. The molecule has 18 heavy (non-hydrogen) atoms. The van der Waals surface area contributed by atoms with Gasteiger partial charge in [-0.2, -0.15) is 0 Å². The summed E-state index contributed by atoms with van der Waals surface area (Å²) >= 11 is 0. The minimum Gasteiger partial charge on any atom is -0.464 e. The molecule has 5 heteroatoms. The van der Waals surface area contributed by atoms with Crippen LogP contribution >= 0.6 is 0 Å². The third-order valence-electron chi connectivity index (χ3n) is 3.45. The van der Waals surface area contributed by atoms with Crippen LogP contribution in [0.2, 0.25) is 0 Å². The Hall–Kier alpha value is -1.62. The maximum atomic E-state index is 5.82. The Bertz CT molecular complexity index is 491. The van der Waals surface area contributed by atoms with Gasteiger partial charge in [0.05, 0.1) is 19.3 Å². The van der Waals surface area contributed by atoms with Crippen molar-refractivity contribution in [2.45, 2.75) is 32.4 Å². The molecule has 96 valence electrons. The predicted octanol–water partition coefficient (Wildman–Crippen LogP) is 1.78. The summed E-state index contributed by atoms with van der Waals surface area (Å²) in [7, 11) is 0. The lowest BCUT2D eigenvalue weighted by Crippen LogP contribution is -2.19. The predicted molar refractivity (Wildman–Crippen MR) is 67.0 cm³/mol. The summed E-state index contributed by atoms with van der Waals surface area (Å²) in [6.07, 6.45) is 4.82. The van der Waals surface area contributed by atoms with Crippen molar-refractivity contribution in [3.05, 3.63) is 36.0 Å². The first-order chi connectivity index (χ1) is 8.83. The summed E-state index contributed by atoms with van der Waals surface area (Å²) in [5.41, 5.74) is 0. The third kappa shape index (κ3) is 2.61. The van der Waals surface area contributed by atoms with Crippen LogP contribution in [0.5, 0.6) is 0 Å². The Morgan fingerprint density at radius 1 is 1.50 bits per heavy atom. The van der Waals surface area contributed by atoms with Crippen molar-refractivity contribution in [2.24, 2.45) is 5.92 Å². The maximum absolute atomic E-state index is 5.82. The Kier molecular flexibility index (Phi) is 3.15. The van der Waals surface area contributed by atoms with Gasteiger partial charge in [-0.25, -0.2) is 0 Å². The molecular formula is C13H18N4O. The summed E-state index contributed by atoms with van der Waals surface area (Å²) in [5, 5.41) is 11.0. The van der Waals surface area contributed by atoms with Crippen LogP contribution in [0.4, 0.5) is 0 Å². The van der Waals surface area contributed by atoms with Gasteiger partial charge in [0.2, 0.25) is 0 Å². The molecule has 0 saturated heterocycles. The molecule has 0 spiro atoms. The lowest BCUT2D eigenvalue weighted by atomic mass is 10.3. The van der Waals surface area contributed by atoms with Gasteiger partial charge in [0, 0.05) is 18.7 Å². The zero-order valence-electron chi connectivity index (χ0n) is 10.5.